The zero-order valence-electron chi connectivity index (χ0n) is 15.9. The summed E-state index contributed by atoms with van der Waals surface area (Å²) in [7, 11) is 0. The molecule has 4 rings (SSSR count). The van der Waals surface area contributed by atoms with E-state index in [0.29, 0.717) is 0 Å². The van der Waals surface area contributed by atoms with Crippen LogP contribution in [0.25, 0.3) is 0 Å². The molecule has 2 aliphatic heterocycles. The summed E-state index contributed by atoms with van der Waals surface area (Å²) in [6.45, 7) is 7.85. The third-order valence-corrected chi connectivity index (χ3v) is 5.22. The van der Waals surface area contributed by atoms with Crippen molar-refractivity contribution in [2.45, 2.75) is 19.9 Å². The first-order valence-electron chi connectivity index (χ1n) is 9.68. The first-order chi connectivity index (χ1) is 13.1. The Balaban J connectivity index is 1.87. The highest BCUT2D eigenvalue weighted by Gasteiger charge is 2.30. The van der Waals surface area contributed by atoms with Crippen LogP contribution in [0.5, 0.6) is 0 Å². The SMILES string of the molecule is CC(C)[C@H]1N=C(c2ccccc2)c2cccc(N3CCNCC3)c2NC1=O. The van der Waals surface area contributed by atoms with E-state index in [9.17, 15) is 4.79 Å². The topological polar surface area (TPSA) is 56.7 Å². The summed E-state index contributed by atoms with van der Waals surface area (Å²) in [5.74, 6) is 0.0976. The maximum Gasteiger partial charge on any atom is 0.249 e. The van der Waals surface area contributed by atoms with Gasteiger partial charge in [-0.05, 0) is 12.0 Å². The van der Waals surface area contributed by atoms with Gasteiger partial charge in [-0.2, -0.15) is 0 Å². The lowest BCUT2D eigenvalue weighted by Gasteiger charge is -2.31. The van der Waals surface area contributed by atoms with E-state index in [1.165, 1.54) is 0 Å². The molecule has 1 fully saturated rings. The summed E-state index contributed by atoms with van der Waals surface area (Å²) in [4.78, 5) is 20.3. The molecule has 1 saturated heterocycles. The summed E-state index contributed by atoms with van der Waals surface area (Å²) in [6.07, 6.45) is 0. The van der Waals surface area contributed by atoms with Crippen LogP contribution in [0.2, 0.25) is 0 Å². The third-order valence-electron chi connectivity index (χ3n) is 5.22. The molecular weight excluding hydrogens is 336 g/mol. The van der Waals surface area contributed by atoms with Crippen LogP contribution in [-0.4, -0.2) is 43.8 Å². The normalized spacial score (nSPS) is 20.0. The Morgan fingerprint density at radius 3 is 2.48 bits per heavy atom. The van der Waals surface area contributed by atoms with Crippen LogP contribution < -0.4 is 15.5 Å². The number of para-hydroxylation sites is 1. The number of piperazine rings is 1. The van der Waals surface area contributed by atoms with E-state index in [0.717, 1.165) is 54.4 Å². The van der Waals surface area contributed by atoms with E-state index in [4.69, 9.17) is 4.99 Å². The van der Waals surface area contributed by atoms with Crippen molar-refractivity contribution in [2.75, 3.05) is 36.4 Å². The van der Waals surface area contributed by atoms with Gasteiger partial charge in [0.25, 0.3) is 0 Å². The fraction of sp³-hybridized carbons (Fsp3) is 0.364. The van der Waals surface area contributed by atoms with Crippen molar-refractivity contribution < 1.29 is 4.79 Å². The predicted octanol–water partition coefficient (Wildman–Crippen LogP) is 2.91. The number of fused-ring (bicyclic) bond motifs is 1. The third kappa shape index (κ3) is 3.47. The van der Waals surface area contributed by atoms with Gasteiger partial charge in [0, 0.05) is 37.3 Å². The Morgan fingerprint density at radius 2 is 1.78 bits per heavy atom. The number of carbonyl (C=O) groups is 1. The lowest BCUT2D eigenvalue weighted by molar-refractivity contribution is -0.118. The van der Waals surface area contributed by atoms with Gasteiger partial charge in [0.2, 0.25) is 5.91 Å². The fourth-order valence-electron chi connectivity index (χ4n) is 3.78. The molecule has 1 amide bonds. The monoisotopic (exact) mass is 362 g/mol. The molecule has 5 nitrogen and oxygen atoms in total. The van der Waals surface area contributed by atoms with Gasteiger partial charge in [0.15, 0.2) is 0 Å². The van der Waals surface area contributed by atoms with Crippen molar-refractivity contribution in [3.8, 4) is 0 Å². The highest BCUT2D eigenvalue weighted by atomic mass is 16.2. The average Bonchev–Trinajstić information content (AvgIpc) is 2.85. The van der Waals surface area contributed by atoms with Crippen LogP contribution in [0.15, 0.2) is 53.5 Å². The molecule has 0 unspecified atom stereocenters. The van der Waals surface area contributed by atoms with Crippen molar-refractivity contribution in [3.63, 3.8) is 0 Å². The zero-order valence-corrected chi connectivity index (χ0v) is 15.9. The number of benzene rings is 2. The van der Waals surface area contributed by atoms with Crippen LogP contribution in [0.1, 0.15) is 25.0 Å². The Morgan fingerprint density at radius 1 is 1.04 bits per heavy atom. The van der Waals surface area contributed by atoms with Crippen LogP contribution in [0, 0.1) is 5.92 Å². The van der Waals surface area contributed by atoms with Gasteiger partial charge in [0.1, 0.15) is 6.04 Å². The largest absolute Gasteiger partial charge is 0.367 e. The fourth-order valence-corrected chi connectivity index (χ4v) is 3.78. The Kier molecular flexibility index (Phi) is 4.94. The standard InChI is InChI=1S/C22H26N4O/c1-15(2)19-22(27)25-21-17(20(24-19)16-7-4-3-5-8-16)9-6-10-18(21)26-13-11-23-12-14-26/h3-10,15,19,23H,11-14H2,1-2H3,(H,25,27)/t19-/m1/s1. The molecule has 0 radical (unpaired) electrons. The van der Waals surface area contributed by atoms with E-state index in [-0.39, 0.29) is 11.8 Å². The summed E-state index contributed by atoms with van der Waals surface area (Å²) >= 11 is 0. The minimum Gasteiger partial charge on any atom is -0.367 e. The second kappa shape index (κ2) is 7.53. The van der Waals surface area contributed by atoms with Crippen LogP contribution in [0.4, 0.5) is 11.4 Å². The number of hydrogen-bond acceptors (Lipinski definition) is 4. The zero-order chi connectivity index (χ0) is 18.8. The lowest BCUT2D eigenvalue weighted by Crippen LogP contribution is -2.44. The number of nitrogens with zero attached hydrogens (tertiary/aromatic N) is 2. The molecule has 0 spiro atoms. The molecule has 2 aliphatic rings. The van der Waals surface area contributed by atoms with Crippen molar-refractivity contribution in [1.82, 2.24) is 5.32 Å². The smallest absolute Gasteiger partial charge is 0.249 e. The van der Waals surface area contributed by atoms with E-state index >= 15 is 0 Å². The Hall–Kier alpha value is -2.66. The number of nitrogens with one attached hydrogen (secondary N) is 2. The molecule has 2 aromatic carbocycles. The number of rotatable bonds is 3. The van der Waals surface area contributed by atoms with Crippen molar-refractivity contribution in [3.05, 3.63) is 59.7 Å². The highest BCUT2D eigenvalue weighted by molar-refractivity contribution is 6.21. The Labute approximate surface area is 160 Å². The van der Waals surface area contributed by atoms with E-state index in [1.807, 2.05) is 32.0 Å². The number of anilines is 2. The molecule has 5 heteroatoms. The van der Waals surface area contributed by atoms with Gasteiger partial charge >= 0.3 is 0 Å². The quantitative estimate of drug-likeness (QED) is 0.883. The summed E-state index contributed by atoms with van der Waals surface area (Å²) < 4.78 is 0. The molecule has 0 aliphatic carbocycles. The van der Waals surface area contributed by atoms with Crippen LogP contribution >= 0.6 is 0 Å². The second-order valence-corrected chi connectivity index (χ2v) is 7.46. The molecule has 0 saturated carbocycles. The summed E-state index contributed by atoms with van der Waals surface area (Å²) in [5.41, 5.74) is 4.89. The average molecular weight is 362 g/mol. The number of benzodiazepines with no additional fused rings is 1. The minimum absolute atomic E-state index is 0.0280. The summed E-state index contributed by atoms with van der Waals surface area (Å²) in [6, 6.07) is 16.0. The first kappa shape index (κ1) is 17.7. The van der Waals surface area contributed by atoms with Crippen LogP contribution in [-0.2, 0) is 4.79 Å². The van der Waals surface area contributed by atoms with Gasteiger partial charge in [-0.1, -0.05) is 56.3 Å². The van der Waals surface area contributed by atoms with E-state index < -0.39 is 6.04 Å². The number of amides is 1. The van der Waals surface area contributed by atoms with Gasteiger partial charge in [-0.3, -0.25) is 9.79 Å². The second-order valence-electron chi connectivity index (χ2n) is 7.46. The number of carbonyl (C=O) groups excluding carboxylic acids is 1. The molecule has 0 bridgehead atoms. The van der Waals surface area contributed by atoms with Gasteiger partial charge in [-0.15, -0.1) is 0 Å². The van der Waals surface area contributed by atoms with Crippen LogP contribution in [0.3, 0.4) is 0 Å². The molecule has 2 aromatic rings. The molecular formula is C22H26N4O. The number of hydrogen-bond donors (Lipinski definition) is 2. The molecule has 0 aromatic heterocycles. The number of aliphatic imine (C=N–C) groups is 1. The first-order valence-corrected chi connectivity index (χ1v) is 9.68. The molecule has 27 heavy (non-hydrogen) atoms. The lowest BCUT2D eigenvalue weighted by atomic mass is 9.99. The van der Waals surface area contributed by atoms with Gasteiger partial charge < -0.3 is 15.5 Å². The van der Waals surface area contributed by atoms with Crippen molar-refractivity contribution in [2.24, 2.45) is 10.9 Å². The maximum absolute atomic E-state index is 13.0. The van der Waals surface area contributed by atoms with E-state index in [2.05, 4.69) is 45.9 Å². The molecule has 2 heterocycles. The highest BCUT2D eigenvalue weighted by Crippen LogP contribution is 2.34. The molecule has 2 N–H and O–H groups in total. The van der Waals surface area contributed by atoms with Gasteiger partial charge in [0.05, 0.1) is 17.1 Å². The van der Waals surface area contributed by atoms with Crippen molar-refractivity contribution in [1.29, 1.82) is 0 Å². The predicted molar refractivity (Wildman–Crippen MR) is 111 cm³/mol. The molecule has 1 atom stereocenters. The molecule has 140 valence electrons. The minimum atomic E-state index is -0.400. The summed E-state index contributed by atoms with van der Waals surface area (Å²) in [5, 5.41) is 6.59. The maximum atomic E-state index is 13.0. The van der Waals surface area contributed by atoms with E-state index in [1.54, 1.807) is 0 Å². The van der Waals surface area contributed by atoms with Gasteiger partial charge in [-0.25, -0.2) is 0 Å². The Bertz CT molecular complexity index is 854. The van der Waals surface area contributed by atoms with Crippen molar-refractivity contribution >= 4 is 23.0 Å².